The number of amides is 2. The van der Waals surface area contributed by atoms with Crippen LogP contribution < -0.4 is 14.8 Å². The summed E-state index contributed by atoms with van der Waals surface area (Å²) in [4.78, 5) is 26.2. The van der Waals surface area contributed by atoms with Gasteiger partial charge in [0.25, 0.3) is 0 Å². The fourth-order valence-electron chi connectivity index (χ4n) is 2.77. The van der Waals surface area contributed by atoms with Gasteiger partial charge in [0, 0.05) is 25.6 Å². The number of hydrogen-bond donors (Lipinski definition) is 1. The third kappa shape index (κ3) is 5.48. The van der Waals surface area contributed by atoms with Gasteiger partial charge >= 0.3 is 0 Å². The minimum Gasteiger partial charge on any atom is -0.497 e. The number of carbonyl (C=O) groups is 2. The lowest BCUT2D eigenvalue weighted by molar-refractivity contribution is -0.139. The molecular weight excluding hydrogens is 344 g/mol. The van der Waals surface area contributed by atoms with E-state index in [0.29, 0.717) is 18.8 Å². The van der Waals surface area contributed by atoms with Gasteiger partial charge in [-0.1, -0.05) is 30.3 Å². The number of rotatable bonds is 8. The molecule has 0 aliphatic carbocycles. The zero-order valence-corrected chi connectivity index (χ0v) is 16.2. The van der Waals surface area contributed by atoms with Crippen molar-refractivity contribution in [3.05, 3.63) is 59.7 Å². The van der Waals surface area contributed by atoms with E-state index in [0.717, 1.165) is 16.9 Å². The number of benzene rings is 2. The topological polar surface area (TPSA) is 67.9 Å². The van der Waals surface area contributed by atoms with Gasteiger partial charge in [0.15, 0.2) is 0 Å². The van der Waals surface area contributed by atoms with E-state index in [1.54, 1.807) is 26.0 Å². The molecule has 6 nitrogen and oxygen atoms in total. The highest BCUT2D eigenvalue weighted by atomic mass is 16.5. The van der Waals surface area contributed by atoms with Gasteiger partial charge < -0.3 is 19.7 Å². The van der Waals surface area contributed by atoms with Crippen LogP contribution in [-0.2, 0) is 22.7 Å². The monoisotopic (exact) mass is 370 g/mol. The number of nitrogens with one attached hydrogen (secondary N) is 1. The highest BCUT2D eigenvalue weighted by molar-refractivity contribution is 5.86. The number of ether oxygens (including phenoxy) is 2. The Morgan fingerprint density at radius 1 is 1.04 bits per heavy atom. The number of methoxy groups -OCH3 is 2. The maximum atomic E-state index is 12.6. The van der Waals surface area contributed by atoms with Crippen LogP contribution in [0.5, 0.6) is 11.5 Å². The van der Waals surface area contributed by atoms with Gasteiger partial charge in [-0.3, -0.25) is 9.59 Å². The molecule has 0 unspecified atom stereocenters. The van der Waals surface area contributed by atoms with Crippen LogP contribution in [0.2, 0.25) is 0 Å². The Bertz CT molecular complexity index is 774. The smallest absolute Gasteiger partial charge is 0.242 e. The molecule has 0 heterocycles. The molecule has 1 atom stereocenters. The Hall–Kier alpha value is -3.02. The molecule has 27 heavy (non-hydrogen) atoms. The first-order valence-electron chi connectivity index (χ1n) is 8.76. The Morgan fingerprint density at radius 3 is 2.30 bits per heavy atom. The standard InChI is InChI=1S/C21H26N2O4/c1-15(21(25)22-13-18-7-5-6-8-20(18)27-4)23(16(2)24)14-17-9-11-19(26-3)12-10-17/h5-12,15H,13-14H2,1-4H3,(H,22,25)/t15-/m1/s1. The van der Waals surface area contributed by atoms with Gasteiger partial charge in [-0.2, -0.15) is 0 Å². The number of hydrogen-bond acceptors (Lipinski definition) is 4. The van der Waals surface area contributed by atoms with E-state index in [1.807, 2.05) is 48.5 Å². The molecule has 0 radical (unpaired) electrons. The first-order chi connectivity index (χ1) is 13.0. The summed E-state index contributed by atoms with van der Waals surface area (Å²) in [7, 11) is 3.20. The van der Waals surface area contributed by atoms with Crippen LogP contribution in [-0.4, -0.2) is 37.0 Å². The Labute approximate surface area is 160 Å². The maximum absolute atomic E-state index is 12.6. The molecule has 2 aromatic carbocycles. The van der Waals surface area contributed by atoms with Crippen LogP contribution >= 0.6 is 0 Å². The van der Waals surface area contributed by atoms with Crippen LogP contribution in [0, 0.1) is 0 Å². The van der Waals surface area contributed by atoms with Crippen molar-refractivity contribution in [1.29, 1.82) is 0 Å². The van der Waals surface area contributed by atoms with Gasteiger partial charge in [0.1, 0.15) is 17.5 Å². The zero-order valence-electron chi connectivity index (χ0n) is 16.2. The Morgan fingerprint density at radius 2 is 1.70 bits per heavy atom. The summed E-state index contributed by atoms with van der Waals surface area (Å²) in [5.41, 5.74) is 1.81. The van der Waals surface area contributed by atoms with E-state index < -0.39 is 6.04 Å². The summed E-state index contributed by atoms with van der Waals surface area (Å²) in [6, 6.07) is 14.3. The summed E-state index contributed by atoms with van der Waals surface area (Å²) in [5.74, 6) is 1.08. The third-order valence-corrected chi connectivity index (χ3v) is 4.41. The molecule has 144 valence electrons. The van der Waals surface area contributed by atoms with Gasteiger partial charge in [-0.25, -0.2) is 0 Å². The lowest BCUT2D eigenvalue weighted by Gasteiger charge is -2.27. The van der Waals surface area contributed by atoms with Crippen molar-refractivity contribution in [2.45, 2.75) is 33.0 Å². The van der Waals surface area contributed by atoms with Crippen LogP contribution in [0.3, 0.4) is 0 Å². The fraction of sp³-hybridized carbons (Fsp3) is 0.333. The van der Waals surface area contributed by atoms with Crippen molar-refractivity contribution in [2.75, 3.05) is 14.2 Å². The Balaban J connectivity index is 2.02. The molecule has 0 saturated heterocycles. The minimum absolute atomic E-state index is 0.161. The van der Waals surface area contributed by atoms with E-state index in [-0.39, 0.29) is 11.8 Å². The second kappa shape index (κ2) is 9.62. The molecule has 0 fully saturated rings. The lowest BCUT2D eigenvalue weighted by Crippen LogP contribution is -2.46. The number of para-hydroxylation sites is 1. The fourth-order valence-corrected chi connectivity index (χ4v) is 2.77. The summed E-state index contributed by atoms with van der Waals surface area (Å²) < 4.78 is 10.4. The van der Waals surface area contributed by atoms with E-state index in [9.17, 15) is 9.59 Å². The van der Waals surface area contributed by atoms with Crippen LogP contribution in [0.15, 0.2) is 48.5 Å². The van der Waals surface area contributed by atoms with Gasteiger partial charge in [0.2, 0.25) is 11.8 Å². The van der Waals surface area contributed by atoms with Crippen molar-refractivity contribution in [1.82, 2.24) is 10.2 Å². The maximum Gasteiger partial charge on any atom is 0.242 e. The molecule has 0 aliphatic heterocycles. The van der Waals surface area contributed by atoms with Crippen molar-refractivity contribution < 1.29 is 19.1 Å². The molecule has 2 aromatic rings. The quantitative estimate of drug-likeness (QED) is 0.776. The van der Waals surface area contributed by atoms with E-state index in [1.165, 1.54) is 6.92 Å². The van der Waals surface area contributed by atoms with Crippen LogP contribution in [0.1, 0.15) is 25.0 Å². The zero-order chi connectivity index (χ0) is 19.8. The van der Waals surface area contributed by atoms with E-state index in [2.05, 4.69) is 5.32 Å². The molecule has 2 amide bonds. The summed E-state index contributed by atoms with van der Waals surface area (Å²) in [6.45, 7) is 3.88. The molecule has 2 rings (SSSR count). The summed E-state index contributed by atoms with van der Waals surface area (Å²) >= 11 is 0. The van der Waals surface area contributed by atoms with Crippen molar-refractivity contribution >= 4 is 11.8 Å². The molecule has 0 aromatic heterocycles. The average Bonchev–Trinajstić information content (AvgIpc) is 2.70. The summed E-state index contributed by atoms with van der Waals surface area (Å²) in [6.07, 6.45) is 0. The average molecular weight is 370 g/mol. The normalized spacial score (nSPS) is 11.4. The second-order valence-corrected chi connectivity index (χ2v) is 6.20. The molecule has 0 aliphatic rings. The van der Waals surface area contributed by atoms with E-state index in [4.69, 9.17) is 9.47 Å². The van der Waals surface area contributed by atoms with E-state index >= 15 is 0 Å². The Kier molecular flexibility index (Phi) is 7.23. The predicted octanol–water partition coefficient (Wildman–Crippen LogP) is 2.76. The highest BCUT2D eigenvalue weighted by Gasteiger charge is 2.23. The largest absolute Gasteiger partial charge is 0.497 e. The third-order valence-electron chi connectivity index (χ3n) is 4.41. The minimum atomic E-state index is -0.598. The first kappa shape index (κ1) is 20.3. The van der Waals surface area contributed by atoms with Crippen molar-refractivity contribution in [2.24, 2.45) is 0 Å². The van der Waals surface area contributed by atoms with Crippen LogP contribution in [0.25, 0.3) is 0 Å². The molecular formula is C21H26N2O4. The lowest BCUT2D eigenvalue weighted by atomic mass is 10.1. The van der Waals surface area contributed by atoms with Gasteiger partial charge in [-0.05, 0) is 30.7 Å². The second-order valence-electron chi connectivity index (χ2n) is 6.20. The molecule has 0 saturated carbocycles. The van der Waals surface area contributed by atoms with Crippen molar-refractivity contribution in [3.63, 3.8) is 0 Å². The number of nitrogens with zero attached hydrogens (tertiary/aromatic N) is 1. The highest BCUT2D eigenvalue weighted by Crippen LogP contribution is 2.17. The molecule has 0 spiro atoms. The SMILES string of the molecule is COc1ccc(CN(C(C)=O)[C@H](C)C(=O)NCc2ccccc2OC)cc1. The summed E-state index contributed by atoms with van der Waals surface area (Å²) in [5, 5.41) is 2.88. The number of carbonyl (C=O) groups excluding carboxylic acids is 2. The first-order valence-corrected chi connectivity index (χ1v) is 8.76. The molecule has 0 bridgehead atoms. The van der Waals surface area contributed by atoms with Gasteiger partial charge in [0.05, 0.1) is 14.2 Å². The van der Waals surface area contributed by atoms with Gasteiger partial charge in [-0.15, -0.1) is 0 Å². The molecule has 6 heteroatoms. The van der Waals surface area contributed by atoms with Crippen molar-refractivity contribution in [3.8, 4) is 11.5 Å². The predicted molar refractivity (Wildman–Crippen MR) is 104 cm³/mol. The van der Waals surface area contributed by atoms with Crippen LogP contribution in [0.4, 0.5) is 0 Å². The molecule has 1 N–H and O–H groups in total.